The maximum absolute atomic E-state index is 14.8. The van der Waals surface area contributed by atoms with Crippen molar-refractivity contribution in [1.82, 2.24) is 25.0 Å². The summed E-state index contributed by atoms with van der Waals surface area (Å²) in [5.74, 6) is -2.33. The monoisotopic (exact) mass is 531 g/mol. The molecule has 2 heterocycles. The van der Waals surface area contributed by atoms with E-state index < -0.39 is 97.2 Å². The van der Waals surface area contributed by atoms with E-state index in [9.17, 15) is 19.7 Å². The number of hydrogen-bond acceptors (Lipinski definition) is 10. The molecule has 1 aromatic carbocycles. The molecule has 12 heteroatoms. The van der Waals surface area contributed by atoms with Gasteiger partial charge in [0, 0.05) is 29.6 Å². The van der Waals surface area contributed by atoms with Gasteiger partial charge in [0.15, 0.2) is 22.1 Å². The van der Waals surface area contributed by atoms with Crippen LogP contribution >= 0.6 is 11.8 Å². The summed E-state index contributed by atoms with van der Waals surface area (Å²) in [6, 6.07) is -6.86. The average molecular weight is 532 g/mol. The molecule has 2 saturated carbocycles. The second kappa shape index (κ2) is 10.5. The molecule has 0 unspecified atom stereocenters. The van der Waals surface area contributed by atoms with Crippen LogP contribution in [-0.4, -0.2) is 83.5 Å². The first-order chi connectivity index (χ1) is 22.3. The number of nitrogens with zero attached hydrogens (tertiary/aromatic N) is 5. The van der Waals surface area contributed by atoms with Crippen LogP contribution in [0, 0.1) is 12.7 Å². The average Bonchev–Trinajstić information content (AvgIpc) is 3.28. The van der Waals surface area contributed by atoms with Crippen LogP contribution in [0.3, 0.4) is 0 Å². The Balaban J connectivity index is 1.67. The fourth-order valence-corrected chi connectivity index (χ4v) is 4.08. The van der Waals surface area contributed by atoms with E-state index in [0.717, 1.165) is 11.8 Å². The fraction of sp³-hybridized carbons (Fsp3) is 0.583. The summed E-state index contributed by atoms with van der Waals surface area (Å²) in [7, 11) is 0. The zero-order chi connectivity index (χ0) is 37.1. The number of anilines is 1. The Kier molecular flexibility index (Phi) is 4.09. The Morgan fingerprint density at radius 1 is 1.36 bits per heavy atom. The first-order valence-electron chi connectivity index (χ1n) is 17.4. The lowest BCUT2D eigenvalue weighted by Gasteiger charge is -2.17. The topological polar surface area (TPSA) is 138 Å². The summed E-state index contributed by atoms with van der Waals surface area (Å²) in [6.07, 6.45) is -17.4. The number of ether oxygens (including phenoxy) is 1. The van der Waals surface area contributed by atoms with Crippen molar-refractivity contribution in [1.29, 1.82) is 0 Å². The highest BCUT2D eigenvalue weighted by atomic mass is 32.2. The quantitative estimate of drug-likeness (QED) is 0.227. The molecule has 2 aliphatic rings. The molecule has 0 amide bonds. The predicted octanol–water partition coefficient (Wildman–Crippen LogP) is 2.18. The Morgan fingerprint density at radius 2 is 2.19 bits per heavy atom. The van der Waals surface area contributed by atoms with E-state index in [-0.39, 0.29) is 26.8 Å². The minimum Gasteiger partial charge on any atom is -0.394 e. The smallest absolute Gasteiger partial charge is 0.191 e. The number of benzene rings is 1. The van der Waals surface area contributed by atoms with Crippen molar-refractivity contribution in [3.63, 3.8) is 0 Å². The maximum Gasteiger partial charge on any atom is 0.191 e. The summed E-state index contributed by atoms with van der Waals surface area (Å²) >= 11 is 1.03. The molecule has 4 N–H and O–H groups in total. The van der Waals surface area contributed by atoms with Crippen LogP contribution in [0.4, 0.5) is 10.2 Å². The summed E-state index contributed by atoms with van der Waals surface area (Å²) in [5.41, 5.74) is -1.65. The number of aromatic nitrogens is 5. The molecule has 3 aromatic rings. The van der Waals surface area contributed by atoms with Gasteiger partial charge in [0.2, 0.25) is 0 Å². The normalized spacial score (nSPS) is 44.2. The Labute approximate surface area is 230 Å². The van der Waals surface area contributed by atoms with Gasteiger partial charge >= 0.3 is 0 Å². The highest BCUT2D eigenvalue weighted by Crippen LogP contribution is 2.44. The van der Waals surface area contributed by atoms with Crippen LogP contribution in [0.5, 0.6) is 0 Å². The van der Waals surface area contributed by atoms with Gasteiger partial charge in [-0.05, 0) is 36.9 Å². The van der Waals surface area contributed by atoms with Gasteiger partial charge in [-0.2, -0.15) is 0 Å². The molecule has 36 heavy (non-hydrogen) atoms. The lowest BCUT2D eigenvalue weighted by Crippen LogP contribution is -2.33. The summed E-state index contributed by atoms with van der Waals surface area (Å²) < 4.78 is 128. The largest absolute Gasteiger partial charge is 0.394 e. The third-order valence-corrected chi connectivity index (χ3v) is 6.30. The molecule has 0 saturated heterocycles. The Hall–Kier alpha value is -2.38. The minimum absolute atomic E-state index is 0.103. The highest BCUT2D eigenvalue weighted by molar-refractivity contribution is 7.99. The molecule has 0 spiro atoms. The van der Waals surface area contributed by atoms with Crippen molar-refractivity contribution in [2.24, 2.45) is 0 Å². The first kappa shape index (κ1) is 14.0. The zero-order valence-corrected chi connectivity index (χ0v) is 19.9. The van der Waals surface area contributed by atoms with E-state index in [1.54, 1.807) is 0 Å². The van der Waals surface area contributed by atoms with Gasteiger partial charge in [-0.25, -0.2) is 19.0 Å². The van der Waals surface area contributed by atoms with Crippen molar-refractivity contribution in [3.05, 3.63) is 35.1 Å². The number of halogens is 1. The third-order valence-electron chi connectivity index (χ3n) is 5.25. The number of nitrogens with one attached hydrogen (secondary N) is 1. The van der Waals surface area contributed by atoms with E-state index in [1.165, 1.54) is 6.92 Å². The molecule has 2 aromatic heterocycles. The van der Waals surface area contributed by atoms with Crippen molar-refractivity contribution < 1.29 is 42.3 Å². The lowest BCUT2D eigenvalue weighted by atomic mass is 10.1. The molecular formula is C24H31FN6O4S. The van der Waals surface area contributed by atoms with E-state index in [0.29, 0.717) is 12.2 Å². The van der Waals surface area contributed by atoms with Crippen molar-refractivity contribution in [3.8, 4) is 0 Å². The molecule has 2 aliphatic carbocycles. The molecule has 194 valence electrons. The second-order valence-electron chi connectivity index (χ2n) is 7.82. The van der Waals surface area contributed by atoms with Crippen LogP contribution in [0.1, 0.15) is 67.0 Å². The van der Waals surface area contributed by atoms with E-state index in [4.69, 9.17) is 22.6 Å². The van der Waals surface area contributed by atoms with Gasteiger partial charge < -0.3 is 25.4 Å². The number of aliphatic hydroxyl groups is 3. The van der Waals surface area contributed by atoms with Crippen LogP contribution < -0.4 is 5.32 Å². The van der Waals surface area contributed by atoms with Gasteiger partial charge in [-0.1, -0.05) is 36.0 Å². The molecule has 2 fully saturated rings. The molecule has 0 radical (unpaired) electrons. The van der Waals surface area contributed by atoms with Crippen molar-refractivity contribution >= 4 is 28.7 Å². The Morgan fingerprint density at radius 3 is 2.97 bits per heavy atom. The molecule has 10 nitrogen and oxygen atoms in total. The molecular weight excluding hydrogens is 487 g/mol. The maximum atomic E-state index is 14.8. The highest BCUT2D eigenvalue weighted by Gasteiger charge is 2.45. The van der Waals surface area contributed by atoms with E-state index >= 15 is 0 Å². The van der Waals surface area contributed by atoms with E-state index in [2.05, 4.69) is 25.6 Å². The number of rotatable bonds is 10. The summed E-state index contributed by atoms with van der Waals surface area (Å²) in [5, 5.41) is 41.9. The van der Waals surface area contributed by atoms with Crippen LogP contribution in [0.2, 0.25) is 0 Å². The molecule has 0 bridgehead atoms. The molecule has 0 aliphatic heterocycles. The lowest BCUT2D eigenvalue weighted by molar-refractivity contribution is -0.0629. The molecule has 5 rings (SSSR count). The van der Waals surface area contributed by atoms with Gasteiger partial charge in [-0.3, -0.25) is 0 Å². The summed E-state index contributed by atoms with van der Waals surface area (Å²) in [4.78, 5) is 8.56. The van der Waals surface area contributed by atoms with Crippen LogP contribution in [-0.2, 0) is 4.74 Å². The van der Waals surface area contributed by atoms with Gasteiger partial charge in [0.1, 0.15) is 18.0 Å². The third kappa shape index (κ3) is 4.92. The predicted molar refractivity (Wildman–Crippen MR) is 133 cm³/mol. The number of thioether (sulfide) groups is 1. The van der Waals surface area contributed by atoms with Gasteiger partial charge in [0.25, 0.3) is 0 Å². The van der Waals surface area contributed by atoms with Gasteiger partial charge in [0.05, 0.1) is 37.6 Å². The van der Waals surface area contributed by atoms with Crippen LogP contribution in [0.15, 0.2) is 23.3 Å². The van der Waals surface area contributed by atoms with Crippen LogP contribution in [0.25, 0.3) is 11.2 Å². The van der Waals surface area contributed by atoms with Crippen molar-refractivity contribution in [2.75, 3.05) is 24.2 Å². The second-order valence-corrected chi connectivity index (χ2v) is 8.88. The summed E-state index contributed by atoms with van der Waals surface area (Å²) in [6.45, 7) is -1.71. The first-order valence-corrected chi connectivity index (χ1v) is 11.8. The SMILES string of the molecule is [2H]c1c([2H])c([C@H]2[C@H](Nc3nc(SCCC)nc4c3nnn4[C@]3([2H])C([2H])([2H])[C@]([2H])(OCC([2H])([2H])O)[C@@]([2H])(O)[C@@]3([2H])O)C2([2H])[2H])c([2H])c(F)c1C. The standard InChI is InChI=1S/C24H31FN6O4S/c1-3-8-36-24-27-22(26-16-10-14(16)13-5-4-12(2)15(25)9-13)19-23(28-24)31(30-29-19)17-11-18(35-7-6-32)21(34)20(17)33/h4-5,9,14,16-18,20-21,32-34H,3,6-8,10-11H2,1-2H3,(H,26,27,28)/t14-,16+,17+,18-,20-,21+/m0/s1/i4D,5D,6D2,9D,10D2,11D2,17D,18D,20D,21D. The zero-order valence-electron chi connectivity index (χ0n) is 32.0. The van der Waals surface area contributed by atoms with Crippen molar-refractivity contribution in [2.45, 2.75) is 74.4 Å². The van der Waals surface area contributed by atoms with Gasteiger partial charge in [-0.15, -0.1) is 5.10 Å². The fourth-order valence-electron chi connectivity index (χ4n) is 3.39. The minimum atomic E-state index is -4.05. The Bertz CT molecular complexity index is 1800. The number of fused-ring (bicyclic) bond motifs is 1. The number of hydrogen-bond donors (Lipinski definition) is 4. The molecule has 6 atom stereocenters. The van der Waals surface area contributed by atoms with E-state index in [1.807, 2.05) is 6.92 Å².